The molecule has 0 saturated carbocycles. The summed E-state index contributed by atoms with van der Waals surface area (Å²) >= 11 is 0. The topological polar surface area (TPSA) is 51.2 Å². The van der Waals surface area contributed by atoms with Gasteiger partial charge in [0.2, 0.25) is 0 Å². The molecule has 4 nitrogen and oxygen atoms in total. The number of amides is 1. The van der Waals surface area contributed by atoms with Gasteiger partial charge in [-0.05, 0) is 39.0 Å². The molecule has 0 radical (unpaired) electrons. The van der Waals surface area contributed by atoms with E-state index in [4.69, 9.17) is 4.74 Å². The van der Waals surface area contributed by atoms with Gasteiger partial charge in [-0.15, -0.1) is 0 Å². The smallest absolute Gasteiger partial charge is 0.253 e. The second kappa shape index (κ2) is 6.01. The van der Waals surface area contributed by atoms with Crippen molar-refractivity contribution in [2.45, 2.75) is 26.8 Å². The van der Waals surface area contributed by atoms with E-state index in [1.54, 1.807) is 7.11 Å². The van der Waals surface area contributed by atoms with E-state index in [-0.39, 0.29) is 11.9 Å². The summed E-state index contributed by atoms with van der Waals surface area (Å²) < 4.78 is 5.03. The Kier molecular flexibility index (Phi) is 4.35. The fraction of sp³-hybridized carbons (Fsp3) is 0.375. The minimum atomic E-state index is -0.108. The van der Waals surface area contributed by atoms with Crippen LogP contribution >= 0.6 is 0 Å². The predicted octanol–water partition coefficient (Wildman–Crippen LogP) is 2.62. The largest absolute Gasteiger partial charge is 0.383 e. The number of nitrogens with one attached hydrogen (secondary N) is 1. The number of nitrogens with zero attached hydrogens (tertiary/aromatic N) is 1. The zero-order valence-corrected chi connectivity index (χ0v) is 12.4. The molecule has 0 aliphatic heterocycles. The summed E-state index contributed by atoms with van der Waals surface area (Å²) in [7, 11) is 1.62. The number of pyridine rings is 1. The number of ether oxygens (including phenoxy) is 1. The molecule has 1 heterocycles. The Balaban J connectivity index is 2.33. The standard InChI is InChI=1S/C16H20N2O2/c1-10-5-6-15-13(7-10)8-14(12(3)18-15)16(19)17-11(2)9-20-4/h5-8,11H,9H2,1-4H3,(H,17,19)/t11-/m0/s1. The van der Waals surface area contributed by atoms with Crippen molar-refractivity contribution in [2.24, 2.45) is 0 Å². The van der Waals surface area contributed by atoms with Crippen molar-refractivity contribution >= 4 is 16.8 Å². The summed E-state index contributed by atoms with van der Waals surface area (Å²) in [6.07, 6.45) is 0. The molecule has 2 rings (SSSR count). The molecule has 0 bridgehead atoms. The summed E-state index contributed by atoms with van der Waals surface area (Å²) in [4.78, 5) is 16.8. The first kappa shape index (κ1) is 14.5. The molecule has 0 fully saturated rings. The van der Waals surface area contributed by atoms with Gasteiger partial charge < -0.3 is 10.1 Å². The fourth-order valence-corrected chi connectivity index (χ4v) is 2.22. The molecule has 0 unspecified atom stereocenters. The van der Waals surface area contributed by atoms with Gasteiger partial charge in [-0.2, -0.15) is 0 Å². The summed E-state index contributed by atoms with van der Waals surface area (Å²) in [6, 6.07) is 7.92. The molecule has 1 aromatic carbocycles. The molecule has 1 atom stereocenters. The lowest BCUT2D eigenvalue weighted by molar-refractivity contribution is 0.0904. The summed E-state index contributed by atoms with van der Waals surface area (Å²) in [5.41, 5.74) is 3.42. The number of methoxy groups -OCH3 is 1. The van der Waals surface area contributed by atoms with Crippen LogP contribution in [0.25, 0.3) is 10.9 Å². The summed E-state index contributed by atoms with van der Waals surface area (Å²) in [6.45, 7) is 6.29. The van der Waals surface area contributed by atoms with Crippen LogP contribution < -0.4 is 5.32 Å². The third-order valence-electron chi connectivity index (χ3n) is 3.20. The molecular formula is C16H20N2O2. The quantitative estimate of drug-likeness (QED) is 0.930. The first-order valence-electron chi connectivity index (χ1n) is 6.69. The van der Waals surface area contributed by atoms with Crippen molar-refractivity contribution in [3.8, 4) is 0 Å². The number of hydrogen-bond donors (Lipinski definition) is 1. The molecule has 0 aliphatic carbocycles. The van der Waals surface area contributed by atoms with Gasteiger partial charge in [-0.3, -0.25) is 9.78 Å². The van der Waals surface area contributed by atoms with Crippen LogP contribution in [-0.4, -0.2) is 30.6 Å². The van der Waals surface area contributed by atoms with E-state index in [2.05, 4.69) is 10.3 Å². The first-order valence-corrected chi connectivity index (χ1v) is 6.69. The van der Waals surface area contributed by atoms with Crippen LogP contribution in [0.1, 0.15) is 28.5 Å². The maximum Gasteiger partial charge on any atom is 0.253 e. The van der Waals surface area contributed by atoms with E-state index in [1.165, 1.54) is 0 Å². The SMILES string of the molecule is COC[C@H](C)NC(=O)c1cc2cc(C)ccc2nc1C. The lowest BCUT2D eigenvalue weighted by Gasteiger charge is -2.14. The zero-order valence-electron chi connectivity index (χ0n) is 12.4. The molecular weight excluding hydrogens is 252 g/mol. The molecule has 0 aliphatic rings. The van der Waals surface area contributed by atoms with Gasteiger partial charge in [-0.25, -0.2) is 0 Å². The van der Waals surface area contributed by atoms with Crippen LogP contribution in [0.4, 0.5) is 0 Å². The molecule has 1 aromatic heterocycles. The Morgan fingerprint density at radius 2 is 2.10 bits per heavy atom. The van der Waals surface area contributed by atoms with Crippen LogP contribution in [0.15, 0.2) is 24.3 Å². The first-order chi connectivity index (χ1) is 9.51. The average molecular weight is 272 g/mol. The minimum Gasteiger partial charge on any atom is -0.383 e. The zero-order chi connectivity index (χ0) is 14.7. The second-order valence-corrected chi connectivity index (χ2v) is 5.15. The lowest BCUT2D eigenvalue weighted by Crippen LogP contribution is -2.36. The number of benzene rings is 1. The van der Waals surface area contributed by atoms with Crippen molar-refractivity contribution in [3.63, 3.8) is 0 Å². The third kappa shape index (κ3) is 3.14. The maximum absolute atomic E-state index is 12.3. The Hall–Kier alpha value is -1.94. The van der Waals surface area contributed by atoms with Gasteiger partial charge in [0.05, 0.1) is 23.4 Å². The van der Waals surface area contributed by atoms with E-state index in [1.807, 2.05) is 45.0 Å². The molecule has 106 valence electrons. The molecule has 2 aromatic rings. The van der Waals surface area contributed by atoms with E-state index in [0.717, 1.165) is 22.2 Å². The Morgan fingerprint density at radius 3 is 2.80 bits per heavy atom. The summed E-state index contributed by atoms with van der Waals surface area (Å²) in [5.74, 6) is -0.108. The number of hydrogen-bond acceptors (Lipinski definition) is 3. The second-order valence-electron chi connectivity index (χ2n) is 5.15. The predicted molar refractivity (Wildman–Crippen MR) is 80.0 cm³/mol. The molecule has 0 spiro atoms. The number of fused-ring (bicyclic) bond motifs is 1. The number of aryl methyl sites for hydroxylation is 2. The van der Waals surface area contributed by atoms with Gasteiger partial charge >= 0.3 is 0 Å². The minimum absolute atomic E-state index is 0.0277. The number of rotatable bonds is 4. The molecule has 20 heavy (non-hydrogen) atoms. The lowest BCUT2D eigenvalue weighted by atomic mass is 10.1. The van der Waals surface area contributed by atoms with E-state index in [9.17, 15) is 4.79 Å². The van der Waals surface area contributed by atoms with Crippen molar-refractivity contribution in [3.05, 3.63) is 41.1 Å². The fourth-order valence-electron chi connectivity index (χ4n) is 2.22. The number of carbonyl (C=O) groups is 1. The Labute approximate surface area is 119 Å². The van der Waals surface area contributed by atoms with E-state index < -0.39 is 0 Å². The number of carbonyl (C=O) groups excluding carboxylic acids is 1. The summed E-state index contributed by atoms with van der Waals surface area (Å²) in [5, 5.41) is 3.90. The normalized spacial score (nSPS) is 12.4. The van der Waals surface area contributed by atoms with E-state index >= 15 is 0 Å². The van der Waals surface area contributed by atoms with Crippen molar-refractivity contribution in [1.29, 1.82) is 0 Å². The molecule has 4 heteroatoms. The van der Waals surface area contributed by atoms with Crippen molar-refractivity contribution in [1.82, 2.24) is 10.3 Å². The van der Waals surface area contributed by atoms with Crippen molar-refractivity contribution < 1.29 is 9.53 Å². The van der Waals surface area contributed by atoms with Crippen LogP contribution in [0.2, 0.25) is 0 Å². The molecule has 0 saturated heterocycles. The highest BCUT2D eigenvalue weighted by molar-refractivity contribution is 5.98. The number of aromatic nitrogens is 1. The van der Waals surface area contributed by atoms with Crippen molar-refractivity contribution in [2.75, 3.05) is 13.7 Å². The van der Waals surface area contributed by atoms with Crippen LogP contribution in [0.5, 0.6) is 0 Å². The Morgan fingerprint density at radius 1 is 1.35 bits per heavy atom. The van der Waals surface area contributed by atoms with Gasteiger partial charge in [0.15, 0.2) is 0 Å². The molecule has 1 amide bonds. The highest BCUT2D eigenvalue weighted by Gasteiger charge is 2.14. The van der Waals surface area contributed by atoms with E-state index in [0.29, 0.717) is 12.2 Å². The van der Waals surface area contributed by atoms with Crippen LogP contribution in [0.3, 0.4) is 0 Å². The highest BCUT2D eigenvalue weighted by Crippen LogP contribution is 2.18. The van der Waals surface area contributed by atoms with Crippen LogP contribution in [0, 0.1) is 13.8 Å². The average Bonchev–Trinajstić information content (AvgIpc) is 2.38. The Bertz CT molecular complexity index is 638. The molecule has 1 N–H and O–H groups in total. The van der Waals surface area contributed by atoms with Gasteiger partial charge in [0.1, 0.15) is 0 Å². The van der Waals surface area contributed by atoms with Crippen LogP contribution in [-0.2, 0) is 4.74 Å². The highest BCUT2D eigenvalue weighted by atomic mass is 16.5. The van der Waals surface area contributed by atoms with Gasteiger partial charge in [-0.1, -0.05) is 11.6 Å². The third-order valence-corrected chi connectivity index (χ3v) is 3.20. The monoisotopic (exact) mass is 272 g/mol. The van der Waals surface area contributed by atoms with Gasteiger partial charge in [0, 0.05) is 18.5 Å². The van der Waals surface area contributed by atoms with Gasteiger partial charge in [0.25, 0.3) is 5.91 Å². The maximum atomic E-state index is 12.3.